The van der Waals surface area contributed by atoms with Crippen LogP contribution in [0.15, 0.2) is 24.6 Å². The fourth-order valence-corrected chi connectivity index (χ4v) is 2.49. The highest BCUT2D eigenvalue weighted by Gasteiger charge is 2.12. The van der Waals surface area contributed by atoms with Crippen LogP contribution in [0.3, 0.4) is 0 Å². The lowest BCUT2D eigenvalue weighted by Gasteiger charge is -2.14. The third-order valence-electron chi connectivity index (χ3n) is 3.90. The molecule has 0 amide bonds. The summed E-state index contributed by atoms with van der Waals surface area (Å²) in [7, 11) is 10.6. The van der Waals surface area contributed by atoms with Gasteiger partial charge in [0.05, 0.1) is 0 Å². The highest BCUT2D eigenvalue weighted by atomic mass is 15.1. The van der Waals surface area contributed by atoms with Gasteiger partial charge in [0.2, 0.25) is 0 Å². The Labute approximate surface area is 166 Å². The minimum absolute atomic E-state index is 0. The Morgan fingerprint density at radius 2 is 1.38 bits per heavy atom. The van der Waals surface area contributed by atoms with Gasteiger partial charge in [-0.2, -0.15) is 0 Å². The third-order valence-corrected chi connectivity index (χ3v) is 3.90. The molecule has 0 fully saturated rings. The molecule has 0 saturated carbocycles. The molecular formula is C22H50N4. The number of nitrogens with zero attached hydrogens (tertiary/aromatic N) is 3. The molecule has 4 heteroatoms. The average Bonchev–Trinajstić information content (AvgIpc) is 3.27. The first kappa shape index (κ1) is 29.8. The second-order valence-corrected chi connectivity index (χ2v) is 6.75. The van der Waals surface area contributed by atoms with Crippen molar-refractivity contribution >= 4 is 0 Å². The van der Waals surface area contributed by atoms with E-state index in [1.807, 2.05) is 27.7 Å². The maximum absolute atomic E-state index is 3.20. The van der Waals surface area contributed by atoms with Gasteiger partial charge in [-0.15, -0.1) is 0 Å². The first-order chi connectivity index (χ1) is 12.0. The van der Waals surface area contributed by atoms with Crippen LogP contribution in [0.25, 0.3) is 0 Å². The van der Waals surface area contributed by atoms with E-state index in [-0.39, 0.29) is 7.43 Å². The van der Waals surface area contributed by atoms with E-state index in [2.05, 4.69) is 79.8 Å². The van der Waals surface area contributed by atoms with Crippen LogP contribution < -0.4 is 5.32 Å². The minimum Gasteiger partial charge on any atom is -0.391 e. The molecule has 2 aliphatic heterocycles. The predicted molar refractivity (Wildman–Crippen MR) is 122 cm³/mol. The topological polar surface area (TPSA) is 21.8 Å². The van der Waals surface area contributed by atoms with E-state index in [1.165, 1.54) is 32.5 Å². The zero-order chi connectivity index (χ0) is 19.7. The van der Waals surface area contributed by atoms with Gasteiger partial charge in [-0.1, -0.05) is 47.3 Å². The van der Waals surface area contributed by atoms with E-state index < -0.39 is 0 Å². The molecule has 0 aliphatic carbocycles. The molecule has 4 nitrogen and oxygen atoms in total. The molecule has 2 heterocycles. The van der Waals surface area contributed by atoms with Gasteiger partial charge >= 0.3 is 0 Å². The van der Waals surface area contributed by atoms with Crippen LogP contribution in [0.1, 0.15) is 48.0 Å². The molecule has 0 radical (unpaired) electrons. The van der Waals surface area contributed by atoms with Gasteiger partial charge in [-0.25, -0.2) is 0 Å². The van der Waals surface area contributed by atoms with Gasteiger partial charge in [0.15, 0.2) is 0 Å². The smallest absolute Gasteiger partial charge is 0.0233 e. The Balaban J connectivity index is -0.000000332. The van der Waals surface area contributed by atoms with Crippen LogP contribution >= 0.6 is 0 Å². The summed E-state index contributed by atoms with van der Waals surface area (Å²) in [6.45, 7) is 12.7. The van der Waals surface area contributed by atoms with Crippen molar-refractivity contribution in [3.63, 3.8) is 0 Å². The molecule has 0 bridgehead atoms. The van der Waals surface area contributed by atoms with Crippen molar-refractivity contribution in [1.29, 1.82) is 0 Å². The monoisotopic (exact) mass is 370 g/mol. The first-order valence-corrected chi connectivity index (χ1v) is 10.1. The van der Waals surface area contributed by atoms with Gasteiger partial charge in [0.1, 0.15) is 0 Å². The highest BCUT2D eigenvalue weighted by molar-refractivity contribution is 4.96. The Bertz CT molecular complexity index is 324. The number of nitrogens with one attached hydrogen (secondary N) is 1. The van der Waals surface area contributed by atoms with Crippen LogP contribution in [-0.4, -0.2) is 76.1 Å². The molecule has 2 rings (SSSR count). The molecule has 2 atom stereocenters. The summed E-state index contributed by atoms with van der Waals surface area (Å²) in [5.74, 6) is 1.55. The van der Waals surface area contributed by atoms with Crippen molar-refractivity contribution in [2.45, 2.75) is 48.0 Å². The lowest BCUT2D eigenvalue weighted by Crippen LogP contribution is -2.19. The predicted octanol–water partition coefficient (Wildman–Crippen LogP) is 4.37. The Morgan fingerprint density at radius 3 is 1.73 bits per heavy atom. The molecule has 0 aromatic heterocycles. The molecule has 26 heavy (non-hydrogen) atoms. The Hall–Kier alpha value is -1.00. The Morgan fingerprint density at radius 1 is 0.885 bits per heavy atom. The number of hydrogen-bond acceptors (Lipinski definition) is 4. The van der Waals surface area contributed by atoms with Crippen LogP contribution in [0.5, 0.6) is 0 Å². The quantitative estimate of drug-likeness (QED) is 0.749. The average molecular weight is 371 g/mol. The van der Waals surface area contributed by atoms with E-state index in [1.54, 1.807) is 0 Å². The summed E-state index contributed by atoms with van der Waals surface area (Å²) in [5.41, 5.74) is 0. The largest absolute Gasteiger partial charge is 0.391 e. The van der Waals surface area contributed by atoms with Crippen LogP contribution in [0.4, 0.5) is 0 Å². The molecule has 0 aromatic carbocycles. The van der Waals surface area contributed by atoms with Gasteiger partial charge < -0.3 is 20.0 Å². The van der Waals surface area contributed by atoms with Crippen molar-refractivity contribution in [2.75, 3.05) is 61.4 Å². The first-order valence-electron chi connectivity index (χ1n) is 10.1. The zero-order valence-corrected chi connectivity index (χ0v) is 18.5. The maximum atomic E-state index is 3.20. The summed E-state index contributed by atoms with van der Waals surface area (Å²) < 4.78 is 0. The van der Waals surface area contributed by atoms with Crippen molar-refractivity contribution in [1.82, 2.24) is 20.0 Å². The SMILES string of the molecule is C.CC.CC.CN(C)CCC1C=CN(C)C1.CN(C)CCC1C=CNC1. The number of rotatable bonds is 6. The van der Waals surface area contributed by atoms with Gasteiger partial charge in [0, 0.05) is 20.1 Å². The van der Waals surface area contributed by atoms with Crippen LogP contribution in [-0.2, 0) is 0 Å². The lowest BCUT2D eigenvalue weighted by atomic mass is 10.1. The van der Waals surface area contributed by atoms with Crippen molar-refractivity contribution in [2.24, 2.45) is 11.8 Å². The Kier molecular flexibility index (Phi) is 23.2. The fraction of sp³-hybridized carbons (Fsp3) is 0.818. The van der Waals surface area contributed by atoms with Gasteiger partial charge in [-0.05, 0) is 78.4 Å². The molecule has 0 saturated heterocycles. The molecule has 2 unspecified atom stereocenters. The summed E-state index contributed by atoms with van der Waals surface area (Å²) in [6, 6.07) is 0. The van der Waals surface area contributed by atoms with Crippen molar-refractivity contribution in [3.05, 3.63) is 24.6 Å². The van der Waals surface area contributed by atoms with Crippen molar-refractivity contribution < 1.29 is 0 Å². The van der Waals surface area contributed by atoms with E-state index in [9.17, 15) is 0 Å². The van der Waals surface area contributed by atoms with Crippen molar-refractivity contribution in [3.8, 4) is 0 Å². The number of hydrogen-bond donors (Lipinski definition) is 1. The second kappa shape index (κ2) is 20.3. The zero-order valence-electron chi connectivity index (χ0n) is 18.5. The molecule has 0 spiro atoms. The van der Waals surface area contributed by atoms with Gasteiger partial charge in [0.25, 0.3) is 0 Å². The minimum atomic E-state index is 0. The summed E-state index contributed by atoms with van der Waals surface area (Å²) in [4.78, 5) is 6.72. The van der Waals surface area contributed by atoms with Gasteiger partial charge in [-0.3, -0.25) is 0 Å². The molecular weight excluding hydrogens is 320 g/mol. The highest BCUT2D eigenvalue weighted by Crippen LogP contribution is 2.13. The van der Waals surface area contributed by atoms with E-state index in [0.29, 0.717) is 0 Å². The fourth-order valence-electron chi connectivity index (χ4n) is 2.49. The molecule has 1 N–H and O–H groups in total. The second-order valence-electron chi connectivity index (χ2n) is 6.75. The molecule has 158 valence electrons. The standard InChI is InChI=1S/C9H18N2.C8H16N2.2C2H6.CH4/c1-10(2)6-4-9-5-7-11(3)8-9;1-10(2)6-4-8-3-5-9-7-8;2*1-2;/h5,7,9H,4,6,8H2,1-3H3;3,5,8-9H,4,6-7H2,1-2H3;2*1-2H3;1H4. The summed E-state index contributed by atoms with van der Waals surface area (Å²) in [6.07, 6.45) is 11.4. The van der Waals surface area contributed by atoms with E-state index in [4.69, 9.17) is 0 Å². The third kappa shape index (κ3) is 17.8. The van der Waals surface area contributed by atoms with E-state index in [0.717, 1.165) is 18.4 Å². The van der Waals surface area contributed by atoms with E-state index >= 15 is 0 Å². The molecule has 0 aromatic rings. The molecule has 2 aliphatic rings. The van der Waals surface area contributed by atoms with Crippen LogP contribution in [0.2, 0.25) is 0 Å². The summed E-state index contributed by atoms with van der Waals surface area (Å²) in [5, 5.41) is 3.20. The normalized spacial score (nSPS) is 19.6. The maximum Gasteiger partial charge on any atom is 0.0233 e. The van der Waals surface area contributed by atoms with Crippen LogP contribution in [0, 0.1) is 11.8 Å². The lowest BCUT2D eigenvalue weighted by molar-refractivity contribution is 0.350. The summed E-state index contributed by atoms with van der Waals surface area (Å²) >= 11 is 0.